The number of aromatic nitrogens is 2. The van der Waals surface area contributed by atoms with Crippen molar-refractivity contribution in [3.05, 3.63) is 116 Å². The second-order valence-corrected chi connectivity index (χ2v) is 9.30. The Bertz CT molecular complexity index is 1640. The quantitative estimate of drug-likeness (QED) is 0.233. The summed E-state index contributed by atoms with van der Waals surface area (Å²) in [7, 11) is 0. The van der Waals surface area contributed by atoms with Gasteiger partial charge in [0.05, 0.1) is 17.1 Å². The van der Waals surface area contributed by atoms with Gasteiger partial charge >= 0.3 is 0 Å². The van der Waals surface area contributed by atoms with E-state index in [4.69, 9.17) is 4.74 Å². The molecule has 0 aliphatic rings. The molecule has 35 heavy (non-hydrogen) atoms. The zero-order valence-electron chi connectivity index (χ0n) is 19.5. The molecule has 0 atom stereocenters. The van der Waals surface area contributed by atoms with Crippen LogP contribution in [0.25, 0.3) is 21.7 Å². The van der Waals surface area contributed by atoms with Crippen LogP contribution in [0.15, 0.2) is 93.2 Å². The number of fused-ring (bicyclic) bond motifs is 2. The minimum atomic E-state index is -0.202. The molecule has 0 radical (unpaired) electrons. The highest BCUT2D eigenvalue weighted by molar-refractivity contribution is 9.10. The number of benzene rings is 4. The molecule has 6 heteroatoms. The maximum atomic E-state index is 13.3. The second-order valence-electron chi connectivity index (χ2n) is 8.38. The third kappa shape index (κ3) is 4.75. The van der Waals surface area contributed by atoms with Crippen molar-refractivity contribution >= 4 is 43.8 Å². The number of halogens is 1. The lowest BCUT2D eigenvalue weighted by atomic mass is 10.0. The van der Waals surface area contributed by atoms with Crippen LogP contribution in [0.1, 0.15) is 29.4 Å². The van der Waals surface area contributed by atoms with Gasteiger partial charge < -0.3 is 4.74 Å². The Balaban J connectivity index is 1.61. The lowest BCUT2D eigenvalue weighted by Gasteiger charge is -2.13. The first-order chi connectivity index (χ1) is 17.0. The Morgan fingerprint density at radius 3 is 2.69 bits per heavy atom. The molecule has 1 heterocycles. The van der Waals surface area contributed by atoms with Crippen molar-refractivity contribution in [3.8, 4) is 5.75 Å². The summed E-state index contributed by atoms with van der Waals surface area (Å²) in [5.74, 6) is 1.31. The highest BCUT2D eigenvalue weighted by Crippen LogP contribution is 2.28. The summed E-state index contributed by atoms with van der Waals surface area (Å²) in [6.07, 6.45) is 2.28. The number of rotatable bonds is 6. The van der Waals surface area contributed by atoms with Crippen molar-refractivity contribution in [3.63, 3.8) is 0 Å². The zero-order chi connectivity index (χ0) is 24.4. The van der Waals surface area contributed by atoms with Crippen molar-refractivity contribution in [2.24, 2.45) is 5.10 Å². The Morgan fingerprint density at radius 1 is 1.00 bits per heavy atom. The van der Waals surface area contributed by atoms with Gasteiger partial charge in [-0.3, -0.25) is 4.79 Å². The number of ether oxygens (including phenoxy) is 1. The number of nitrogens with zero attached hydrogens (tertiary/aromatic N) is 3. The van der Waals surface area contributed by atoms with E-state index in [2.05, 4.69) is 51.1 Å². The van der Waals surface area contributed by atoms with Crippen molar-refractivity contribution in [1.82, 2.24) is 9.66 Å². The lowest BCUT2D eigenvalue weighted by molar-refractivity contribution is 0.306. The first kappa shape index (κ1) is 23.0. The van der Waals surface area contributed by atoms with Gasteiger partial charge in [0, 0.05) is 16.5 Å². The SMILES string of the molecule is CCc1nc2ccc(Br)cc2c(=O)n1N=Cc1c(OCc2cccc(C)c2)ccc2ccccc12. The van der Waals surface area contributed by atoms with Gasteiger partial charge in [0.1, 0.15) is 18.2 Å². The van der Waals surface area contributed by atoms with Crippen LogP contribution in [0.5, 0.6) is 5.75 Å². The summed E-state index contributed by atoms with van der Waals surface area (Å²) in [5.41, 5.74) is 3.56. The Labute approximate surface area is 211 Å². The Hall–Kier alpha value is -3.77. The largest absolute Gasteiger partial charge is 0.488 e. The number of hydrogen-bond donors (Lipinski definition) is 0. The van der Waals surface area contributed by atoms with Gasteiger partial charge in [-0.25, -0.2) is 4.98 Å². The molecular weight excluding hydrogens is 502 g/mol. The van der Waals surface area contributed by atoms with Crippen LogP contribution in [0.2, 0.25) is 0 Å². The lowest BCUT2D eigenvalue weighted by Crippen LogP contribution is -2.22. The maximum Gasteiger partial charge on any atom is 0.282 e. The topological polar surface area (TPSA) is 56.5 Å². The van der Waals surface area contributed by atoms with E-state index in [9.17, 15) is 4.79 Å². The van der Waals surface area contributed by atoms with Gasteiger partial charge in [-0.05, 0) is 47.5 Å². The molecule has 0 aliphatic carbocycles. The molecule has 0 saturated carbocycles. The average molecular weight is 526 g/mol. The maximum absolute atomic E-state index is 13.3. The Morgan fingerprint density at radius 2 is 1.86 bits per heavy atom. The van der Waals surface area contributed by atoms with Gasteiger partial charge in [-0.1, -0.05) is 83.0 Å². The normalized spacial score (nSPS) is 11.5. The van der Waals surface area contributed by atoms with Crippen LogP contribution in [0.4, 0.5) is 0 Å². The van der Waals surface area contributed by atoms with E-state index >= 15 is 0 Å². The Kier molecular flexibility index (Phi) is 6.47. The van der Waals surface area contributed by atoms with E-state index in [1.54, 1.807) is 12.3 Å². The van der Waals surface area contributed by atoms with E-state index < -0.39 is 0 Å². The standard InChI is InChI=1S/C29H24BrN3O2/c1-3-28-32-26-13-12-22(30)16-24(26)29(34)33(28)31-17-25-23-10-5-4-9-21(23)11-14-27(25)35-18-20-8-6-7-19(2)15-20/h4-17H,3,18H2,1-2H3. The summed E-state index contributed by atoms with van der Waals surface area (Å²) < 4.78 is 8.46. The minimum absolute atomic E-state index is 0.202. The van der Waals surface area contributed by atoms with E-state index in [-0.39, 0.29) is 5.56 Å². The van der Waals surface area contributed by atoms with Crippen LogP contribution in [0.3, 0.4) is 0 Å². The zero-order valence-corrected chi connectivity index (χ0v) is 21.1. The van der Waals surface area contributed by atoms with Crippen LogP contribution < -0.4 is 10.3 Å². The minimum Gasteiger partial charge on any atom is -0.488 e. The predicted molar refractivity (Wildman–Crippen MR) is 146 cm³/mol. The highest BCUT2D eigenvalue weighted by atomic mass is 79.9. The van der Waals surface area contributed by atoms with E-state index in [1.807, 2.05) is 61.5 Å². The molecule has 5 nitrogen and oxygen atoms in total. The molecule has 0 N–H and O–H groups in total. The number of hydrogen-bond acceptors (Lipinski definition) is 4. The van der Waals surface area contributed by atoms with Gasteiger partial charge in [0.2, 0.25) is 0 Å². The molecule has 0 unspecified atom stereocenters. The second kappa shape index (κ2) is 9.84. The molecule has 0 amide bonds. The molecule has 0 aliphatic heterocycles. The van der Waals surface area contributed by atoms with Crippen molar-refractivity contribution in [1.29, 1.82) is 0 Å². The molecule has 0 saturated heterocycles. The first-order valence-electron chi connectivity index (χ1n) is 11.5. The van der Waals surface area contributed by atoms with E-state index in [0.29, 0.717) is 35.5 Å². The van der Waals surface area contributed by atoms with Crippen LogP contribution in [0, 0.1) is 6.92 Å². The van der Waals surface area contributed by atoms with Crippen LogP contribution in [-0.4, -0.2) is 15.9 Å². The van der Waals surface area contributed by atoms with Crippen molar-refractivity contribution in [2.75, 3.05) is 0 Å². The molecular formula is C29H24BrN3O2. The van der Waals surface area contributed by atoms with E-state index in [1.165, 1.54) is 10.2 Å². The van der Waals surface area contributed by atoms with Crippen LogP contribution >= 0.6 is 15.9 Å². The number of aryl methyl sites for hydroxylation is 2. The fourth-order valence-electron chi connectivity index (χ4n) is 4.16. The van der Waals surface area contributed by atoms with Gasteiger partial charge in [0.25, 0.3) is 5.56 Å². The molecule has 4 aromatic carbocycles. The predicted octanol–water partition coefficient (Wildman–Crippen LogP) is 6.64. The van der Waals surface area contributed by atoms with Gasteiger partial charge in [-0.15, -0.1) is 0 Å². The first-order valence-corrected chi connectivity index (χ1v) is 12.3. The van der Waals surface area contributed by atoms with E-state index in [0.717, 1.165) is 26.4 Å². The van der Waals surface area contributed by atoms with Crippen molar-refractivity contribution < 1.29 is 4.74 Å². The van der Waals surface area contributed by atoms with Gasteiger partial charge in [-0.2, -0.15) is 9.78 Å². The van der Waals surface area contributed by atoms with Crippen LogP contribution in [-0.2, 0) is 13.0 Å². The summed E-state index contributed by atoms with van der Waals surface area (Å²) in [5, 5.41) is 7.21. The summed E-state index contributed by atoms with van der Waals surface area (Å²) in [4.78, 5) is 18.0. The summed E-state index contributed by atoms with van der Waals surface area (Å²) in [6.45, 7) is 4.47. The molecule has 0 bridgehead atoms. The fraction of sp³-hybridized carbons (Fsp3) is 0.138. The van der Waals surface area contributed by atoms with Crippen molar-refractivity contribution in [2.45, 2.75) is 26.9 Å². The molecule has 5 aromatic rings. The summed E-state index contributed by atoms with van der Waals surface area (Å²) >= 11 is 3.45. The summed E-state index contributed by atoms with van der Waals surface area (Å²) in [6, 6.07) is 25.8. The smallest absolute Gasteiger partial charge is 0.282 e. The molecule has 174 valence electrons. The average Bonchev–Trinajstić information content (AvgIpc) is 2.87. The molecule has 5 rings (SSSR count). The van der Waals surface area contributed by atoms with Gasteiger partial charge in [0.15, 0.2) is 0 Å². The molecule has 0 fully saturated rings. The highest BCUT2D eigenvalue weighted by Gasteiger charge is 2.12. The third-order valence-corrected chi connectivity index (χ3v) is 6.39. The monoisotopic (exact) mass is 525 g/mol. The molecule has 1 aromatic heterocycles. The molecule has 0 spiro atoms. The third-order valence-electron chi connectivity index (χ3n) is 5.90. The fourth-order valence-corrected chi connectivity index (χ4v) is 4.52.